The summed E-state index contributed by atoms with van der Waals surface area (Å²) in [5.74, 6) is -1.10. The first-order valence-electron chi connectivity index (χ1n) is 6.02. The molecule has 0 radical (unpaired) electrons. The van der Waals surface area contributed by atoms with Gasteiger partial charge < -0.3 is 15.2 Å². The van der Waals surface area contributed by atoms with Gasteiger partial charge in [-0.2, -0.15) is 0 Å². The number of Topliss-reactive ketones (excluding diaryl/α,β-unsaturated/α-hetero) is 1. The van der Waals surface area contributed by atoms with Gasteiger partial charge in [-0.05, 0) is 18.6 Å². The largest absolute Gasteiger partial charge is 0.501 e. The van der Waals surface area contributed by atoms with E-state index >= 15 is 0 Å². The fourth-order valence-corrected chi connectivity index (χ4v) is 1.64. The summed E-state index contributed by atoms with van der Waals surface area (Å²) in [5.41, 5.74) is -0.711. The first kappa shape index (κ1) is 13.9. The van der Waals surface area contributed by atoms with Crippen LogP contribution in [0.4, 0.5) is 0 Å². The molecular formula is C13H13N3O4. The number of nitrogens with one attached hydrogen (secondary N) is 1. The lowest BCUT2D eigenvalue weighted by molar-refractivity contribution is 0.0963. The summed E-state index contributed by atoms with van der Waals surface area (Å²) in [7, 11) is 0. The maximum Gasteiger partial charge on any atom is 0.294 e. The zero-order chi connectivity index (χ0) is 14.5. The number of aliphatic hydroxyl groups excluding tert-OH is 1. The smallest absolute Gasteiger partial charge is 0.294 e. The summed E-state index contributed by atoms with van der Waals surface area (Å²) in [6.07, 6.45) is 1.77. The molecule has 2 heterocycles. The van der Waals surface area contributed by atoms with Gasteiger partial charge in [0.05, 0.1) is 0 Å². The molecule has 0 aliphatic rings. The number of ketones is 1. The summed E-state index contributed by atoms with van der Waals surface area (Å²) in [4.78, 5) is 33.8. The van der Waals surface area contributed by atoms with Crippen LogP contribution in [0.15, 0.2) is 29.2 Å². The number of hydrogen-bond donors (Lipinski definition) is 3. The summed E-state index contributed by atoms with van der Waals surface area (Å²) < 4.78 is 0. The Hall–Kier alpha value is -2.54. The number of H-pyrrole nitrogens is 1. The summed E-state index contributed by atoms with van der Waals surface area (Å²) in [6.45, 7) is -0.150. The Kier molecular flexibility index (Phi) is 4.21. The molecule has 0 saturated heterocycles. The van der Waals surface area contributed by atoms with Crippen LogP contribution in [0.5, 0.6) is 5.75 Å². The lowest BCUT2D eigenvalue weighted by Crippen LogP contribution is -2.16. The monoisotopic (exact) mass is 275 g/mol. The van der Waals surface area contributed by atoms with Crippen LogP contribution < -0.4 is 5.56 Å². The Morgan fingerprint density at radius 3 is 2.80 bits per heavy atom. The molecule has 104 valence electrons. The average Bonchev–Trinajstić information content (AvgIpc) is 2.48. The Balaban J connectivity index is 2.45. The zero-order valence-electron chi connectivity index (χ0n) is 10.5. The van der Waals surface area contributed by atoms with E-state index in [1.165, 1.54) is 6.20 Å². The van der Waals surface area contributed by atoms with Crippen molar-refractivity contribution in [2.24, 2.45) is 0 Å². The van der Waals surface area contributed by atoms with Gasteiger partial charge in [0.25, 0.3) is 5.56 Å². The third-order valence-corrected chi connectivity index (χ3v) is 2.63. The van der Waals surface area contributed by atoms with E-state index in [0.29, 0.717) is 5.69 Å². The molecule has 0 fully saturated rings. The predicted octanol–water partition coefficient (Wildman–Crippen LogP) is 0.493. The molecule has 0 aliphatic carbocycles. The standard InChI is InChI=1S/C13H13N3O4/c17-7-3-5-9(18)10-11(19)13(20)16-12(15-10)8-4-1-2-6-14-8/h1-2,4,6,17,19H,3,5,7H2,(H,15,16,20). The molecule has 0 amide bonds. The molecule has 0 bridgehead atoms. The van der Waals surface area contributed by atoms with Crippen LogP contribution in [0.3, 0.4) is 0 Å². The minimum Gasteiger partial charge on any atom is -0.501 e. The molecule has 0 atom stereocenters. The Labute approximate surface area is 114 Å². The number of nitrogens with zero attached hydrogens (tertiary/aromatic N) is 2. The van der Waals surface area contributed by atoms with Crippen LogP contribution in [-0.2, 0) is 0 Å². The SMILES string of the molecule is O=C(CCCO)c1nc(-c2ccccn2)[nH]c(=O)c1O. The number of aliphatic hydroxyl groups is 1. The highest BCUT2D eigenvalue weighted by Crippen LogP contribution is 2.16. The van der Waals surface area contributed by atoms with Crippen molar-refractivity contribution >= 4 is 5.78 Å². The van der Waals surface area contributed by atoms with E-state index in [1.54, 1.807) is 18.2 Å². The number of aromatic nitrogens is 3. The summed E-state index contributed by atoms with van der Waals surface area (Å²) in [5, 5.41) is 18.3. The quantitative estimate of drug-likeness (QED) is 0.684. The van der Waals surface area contributed by atoms with Gasteiger partial charge in [0.2, 0.25) is 5.75 Å². The van der Waals surface area contributed by atoms with E-state index in [9.17, 15) is 14.7 Å². The van der Waals surface area contributed by atoms with Gasteiger partial charge in [0.15, 0.2) is 17.3 Å². The third kappa shape index (κ3) is 2.89. The minimum absolute atomic E-state index is 0.00215. The highest BCUT2D eigenvalue weighted by Gasteiger charge is 2.18. The van der Waals surface area contributed by atoms with Crippen molar-refractivity contribution in [3.05, 3.63) is 40.4 Å². The van der Waals surface area contributed by atoms with Gasteiger partial charge in [-0.15, -0.1) is 0 Å². The number of hydrogen-bond acceptors (Lipinski definition) is 6. The molecule has 0 unspecified atom stereocenters. The fraction of sp³-hybridized carbons (Fsp3) is 0.231. The van der Waals surface area contributed by atoms with Gasteiger partial charge in [-0.25, -0.2) is 4.98 Å². The minimum atomic E-state index is -0.798. The molecule has 0 aliphatic heterocycles. The lowest BCUT2D eigenvalue weighted by atomic mass is 10.1. The molecule has 3 N–H and O–H groups in total. The summed E-state index contributed by atoms with van der Waals surface area (Å²) in [6, 6.07) is 5.04. The third-order valence-electron chi connectivity index (χ3n) is 2.63. The molecule has 0 aromatic carbocycles. The molecule has 7 nitrogen and oxygen atoms in total. The normalized spacial score (nSPS) is 10.4. The Morgan fingerprint density at radius 2 is 2.15 bits per heavy atom. The number of carbonyl (C=O) groups excluding carboxylic acids is 1. The molecule has 2 rings (SSSR count). The molecular weight excluding hydrogens is 262 g/mol. The molecule has 0 spiro atoms. The van der Waals surface area contributed by atoms with Gasteiger partial charge in [0, 0.05) is 19.2 Å². The highest BCUT2D eigenvalue weighted by atomic mass is 16.3. The number of aromatic amines is 1. The molecule has 2 aromatic rings. The van der Waals surface area contributed by atoms with E-state index in [1.807, 2.05) is 0 Å². The number of aromatic hydroxyl groups is 1. The second-order valence-corrected chi connectivity index (χ2v) is 4.08. The molecule has 0 saturated carbocycles. The maximum absolute atomic E-state index is 11.9. The second-order valence-electron chi connectivity index (χ2n) is 4.08. The lowest BCUT2D eigenvalue weighted by Gasteiger charge is -2.05. The van der Waals surface area contributed by atoms with E-state index in [-0.39, 0.29) is 31.0 Å². The van der Waals surface area contributed by atoms with Crippen molar-refractivity contribution in [1.29, 1.82) is 0 Å². The maximum atomic E-state index is 11.9. The average molecular weight is 275 g/mol. The van der Waals surface area contributed by atoms with Gasteiger partial charge in [-0.1, -0.05) is 6.07 Å². The van der Waals surface area contributed by atoms with Crippen molar-refractivity contribution in [2.45, 2.75) is 12.8 Å². The molecule has 7 heteroatoms. The van der Waals surface area contributed by atoms with E-state index in [2.05, 4.69) is 15.0 Å². The van der Waals surface area contributed by atoms with E-state index in [4.69, 9.17) is 5.11 Å². The van der Waals surface area contributed by atoms with Gasteiger partial charge >= 0.3 is 0 Å². The fourth-order valence-electron chi connectivity index (χ4n) is 1.64. The highest BCUT2D eigenvalue weighted by molar-refractivity contribution is 5.96. The van der Waals surface area contributed by atoms with Crippen molar-refractivity contribution in [3.8, 4) is 17.3 Å². The Morgan fingerprint density at radius 1 is 1.35 bits per heavy atom. The van der Waals surface area contributed by atoms with Crippen molar-refractivity contribution in [1.82, 2.24) is 15.0 Å². The van der Waals surface area contributed by atoms with E-state index < -0.39 is 17.1 Å². The number of rotatable bonds is 5. The van der Waals surface area contributed by atoms with Crippen LogP contribution in [0, 0.1) is 0 Å². The zero-order valence-corrected chi connectivity index (χ0v) is 10.5. The number of pyridine rings is 1. The topological polar surface area (TPSA) is 116 Å². The van der Waals surface area contributed by atoms with E-state index in [0.717, 1.165) is 0 Å². The van der Waals surface area contributed by atoms with Crippen LogP contribution in [0.25, 0.3) is 11.5 Å². The first-order chi connectivity index (χ1) is 9.63. The van der Waals surface area contributed by atoms with Crippen LogP contribution >= 0.6 is 0 Å². The first-order valence-corrected chi connectivity index (χ1v) is 6.02. The predicted molar refractivity (Wildman–Crippen MR) is 70.4 cm³/mol. The molecule has 20 heavy (non-hydrogen) atoms. The van der Waals surface area contributed by atoms with Crippen LogP contribution in [-0.4, -0.2) is 37.6 Å². The Bertz CT molecular complexity index is 667. The molecule has 2 aromatic heterocycles. The van der Waals surface area contributed by atoms with Gasteiger partial charge in [-0.3, -0.25) is 14.6 Å². The van der Waals surface area contributed by atoms with Crippen molar-refractivity contribution < 1.29 is 15.0 Å². The summed E-state index contributed by atoms with van der Waals surface area (Å²) >= 11 is 0. The van der Waals surface area contributed by atoms with Gasteiger partial charge in [0.1, 0.15) is 5.69 Å². The van der Waals surface area contributed by atoms with Crippen LogP contribution in [0.1, 0.15) is 23.3 Å². The van der Waals surface area contributed by atoms with Crippen molar-refractivity contribution in [3.63, 3.8) is 0 Å². The second kappa shape index (κ2) is 6.07. The van der Waals surface area contributed by atoms with Crippen LogP contribution in [0.2, 0.25) is 0 Å². The van der Waals surface area contributed by atoms with Crippen molar-refractivity contribution in [2.75, 3.05) is 6.61 Å². The number of carbonyl (C=O) groups is 1.